The van der Waals surface area contributed by atoms with Crippen molar-refractivity contribution in [3.8, 4) is 5.75 Å². The molecule has 0 fully saturated rings. The number of aryl methyl sites for hydroxylation is 1. The van der Waals surface area contributed by atoms with E-state index in [2.05, 4.69) is 0 Å². The first-order valence-electron chi connectivity index (χ1n) is 8.99. The highest BCUT2D eigenvalue weighted by Gasteiger charge is 2.24. The highest BCUT2D eigenvalue weighted by atomic mass is 35.5. The van der Waals surface area contributed by atoms with Crippen molar-refractivity contribution in [2.24, 2.45) is 0 Å². The number of hydrogen-bond donors (Lipinski definition) is 0. The molecular weight excluding hydrogens is 410 g/mol. The van der Waals surface area contributed by atoms with Crippen LogP contribution in [0, 0.1) is 6.92 Å². The minimum atomic E-state index is -3.76. The summed E-state index contributed by atoms with van der Waals surface area (Å²) in [6, 6.07) is 19.6. The molecule has 0 amide bonds. The van der Waals surface area contributed by atoms with Gasteiger partial charge in [-0.05, 0) is 67.9 Å². The Labute approximate surface area is 175 Å². The third kappa shape index (κ3) is 4.60. The van der Waals surface area contributed by atoms with E-state index in [-0.39, 0.29) is 22.8 Å². The number of benzene rings is 3. The van der Waals surface area contributed by atoms with Crippen LogP contribution in [-0.4, -0.2) is 20.9 Å². The molecule has 0 saturated carbocycles. The second-order valence-corrected chi connectivity index (χ2v) is 8.62. The summed E-state index contributed by atoms with van der Waals surface area (Å²) in [6.07, 6.45) is 0. The predicted octanol–water partition coefficient (Wildman–Crippen LogP) is 5.08. The van der Waals surface area contributed by atoms with Gasteiger partial charge in [0.1, 0.15) is 5.75 Å². The lowest BCUT2D eigenvalue weighted by atomic mass is 10.2. The van der Waals surface area contributed by atoms with Crippen LogP contribution in [0.15, 0.2) is 77.7 Å². The van der Waals surface area contributed by atoms with Gasteiger partial charge in [-0.3, -0.25) is 4.31 Å². The number of anilines is 1. The minimum absolute atomic E-state index is 0.0911. The van der Waals surface area contributed by atoms with Crippen LogP contribution < -0.4 is 9.04 Å². The Bertz CT molecular complexity index is 1110. The molecule has 0 N–H and O–H groups in total. The Balaban J connectivity index is 1.83. The zero-order valence-electron chi connectivity index (χ0n) is 16.0. The molecule has 3 rings (SSSR count). The monoisotopic (exact) mass is 429 g/mol. The number of hydrogen-bond acceptors (Lipinski definition) is 4. The molecule has 0 aliphatic rings. The van der Waals surface area contributed by atoms with Crippen molar-refractivity contribution in [1.29, 1.82) is 0 Å². The smallest absolute Gasteiger partial charge is 0.343 e. The van der Waals surface area contributed by atoms with Gasteiger partial charge >= 0.3 is 5.97 Å². The fourth-order valence-corrected chi connectivity index (χ4v) is 4.45. The molecule has 7 heteroatoms. The van der Waals surface area contributed by atoms with Crippen molar-refractivity contribution in [3.63, 3.8) is 0 Å². The molecule has 0 heterocycles. The second-order valence-electron chi connectivity index (χ2n) is 6.35. The number of nitrogens with zero attached hydrogens (tertiary/aromatic N) is 1. The van der Waals surface area contributed by atoms with Crippen molar-refractivity contribution in [2.45, 2.75) is 18.7 Å². The molecule has 0 unspecified atom stereocenters. The zero-order valence-corrected chi connectivity index (χ0v) is 17.6. The van der Waals surface area contributed by atoms with E-state index < -0.39 is 16.0 Å². The van der Waals surface area contributed by atoms with Crippen LogP contribution in [0.3, 0.4) is 0 Å². The maximum Gasteiger partial charge on any atom is 0.343 e. The number of carbonyl (C=O) groups is 1. The molecule has 0 spiro atoms. The first-order chi connectivity index (χ1) is 13.8. The second kappa shape index (κ2) is 8.68. The molecule has 0 aliphatic carbocycles. The number of para-hydroxylation sites is 1. The normalized spacial score (nSPS) is 11.1. The number of sulfonamides is 1. The van der Waals surface area contributed by atoms with Crippen LogP contribution in [0.2, 0.25) is 5.02 Å². The van der Waals surface area contributed by atoms with Crippen molar-refractivity contribution in [2.75, 3.05) is 10.8 Å². The lowest BCUT2D eigenvalue weighted by Crippen LogP contribution is -2.30. The summed E-state index contributed by atoms with van der Waals surface area (Å²) in [7, 11) is -3.76. The predicted molar refractivity (Wildman–Crippen MR) is 114 cm³/mol. The number of carbonyl (C=O) groups excluding carboxylic acids is 1. The van der Waals surface area contributed by atoms with E-state index in [0.717, 1.165) is 5.56 Å². The summed E-state index contributed by atoms with van der Waals surface area (Å²) in [5.41, 5.74) is 1.70. The molecule has 3 aromatic carbocycles. The number of ether oxygens (including phenoxy) is 1. The van der Waals surface area contributed by atoms with E-state index in [1.807, 2.05) is 19.1 Å². The van der Waals surface area contributed by atoms with Crippen LogP contribution in [0.25, 0.3) is 0 Å². The van der Waals surface area contributed by atoms with E-state index in [9.17, 15) is 13.2 Å². The highest BCUT2D eigenvalue weighted by molar-refractivity contribution is 7.92. The van der Waals surface area contributed by atoms with Gasteiger partial charge in [-0.1, -0.05) is 35.9 Å². The van der Waals surface area contributed by atoms with Crippen molar-refractivity contribution >= 4 is 33.3 Å². The van der Waals surface area contributed by atoms with Crippen molar-refractivity contribution in [1.82, 2.24) is 0 Å². The number of halogens is 1. The molecule has 0 radical (unpaired) electrons. The van der Waals surface area contributed by atoms with Crippen LogP contribution in [0.4, 0.5) is 5.69 Å². The van der Waals surface area contributed by atoms with Crippen LogP contribution in [0.5, 0.6) is 5.75 Å². The summed E-state index contributed by atoms with van der Waals surface area (Å²) in [5, 5.41) is 0.324. The van der Waals surface area contributed by atoms with Crippen molar-refractivity contribution < 1.29 is 17.9 Å². The lowest BCUT2D eigenvalue weighted by molar-refractivity contribution is 0.0734. The fourth-order valence-electron chi connectivity index (χ4n) is 2.82. The van der Waals surface area contributed by atoms with Gasteiger partial charge in [-0.15, -0.1) is 0 Å². The van der Waals surface area contributed by atoms with Crippen LogP contribution >= 0.6 is 11.6 Å². The Kier molecular flexibility index (Phi) is 6.25. The Hall–Kier alpha value is -2.83. The van der Waals surface area contributed by atoms with E-state index in [0.29, 0.717) is 10.7 Å². The third-order valence-corrected chi connectivity index (χ3v) is 6.53. The van der Waals surface area contributed by atoms with E-state index in [4.69, 9.17) is 16.3 Å². The molecule has 150 valence electrons. The summed E-state index contributed by atoms with van der Waals surface area (Å²) in [4.78, 5) is 12.5. The van der Waals surface area contributed by atoms with Crippen LogP contribution in [-0.2, 0) is 10.0 Å². The van der Waals surface area contributed by atoms with Gasteiger partial charge in [0, 0.05) is 6.54 Å². The molecule has 0 aromatic heterocycles. The fraction of sp³-hybridized carbons (Fsp3) is 0.136. The molecule has 0 atom stereocenters. The maximum absolute atomic E-state index is 13.0. The highest BCUT2D eigenvalue weighted by Crippen LogP contribution is 2.27. The third-order valence-electron chi connectivity index (χ3n) is 4.30. The summed E-state index contributed by atoms with van der Waals surface area (Å²) in [5.74, 6) is -0.355. The first-order valence-corrected chi connectivity index (χ1v) is 10.8. The molecule has 0 aliphatic heterocycles. The van der Waals surface area contributed by atoms with Gasteiger partial charge in [0.15, 0.2) is 0 Å². The van der Waals surface area contributed by atoms with E-state index in [1.54, 1.807) is 43.3 Å². The zero-order chi connectivity index (χ0) is 21.0. The average Bonchev–Trinajstić information content (AvgIpc) is 2.72. The molecule has 29 heavy (non-hydrogen) atoms. The number of rotatable bonds is 6. The summed E-state index contributed by atoms with van der Waals surface area (Å²) in [6.45, 7) is 3.91. The molecule has 0 bridgehead atoms. The Morgan fingerprint density at radius 2 is 1.66 bits per heavy atom. The Morgan fingerprint density at radius 3 is 2.28 bits per heavy atom. The van der Waals surface area contributed by atoms with Gasteiger partial charge < -0.3 is 4.74 Å². The van der Waals surface area contributed by atoms with Gasteiger partial charge in [-0.2, -0.15) is 0 Å². The van der Waals surface area contributed by atoms with Crippen molar-refractivity contribution in [3.05, 3.63) is 88.9 Å². The molecule has 5 nitrogen and oxygen atoms in total. The molecule has 0 saturated heterocycles. The average molecular weight is 430 g/mol. The summed E-state index contributed by atoms with van der Waals surface area (Å²) >= 11 is 6.06. The first kappa shape index (κ1) is 20.9. The standard InChI is InChI=1S/C22H20ClNO4S/c1-3-24(18-7-5-4-6-8-18)29(26,27)19-12-10-17(11-13-19)22(25)28-21-15-16(2)9-14-20(21)23/h4-15H,3H2,1-2H3. The number of esters is 1. The van der Waals surface area contributed by atoms with Crippen LogP contribution in [0.1, 0.15) is 22.8 Å². The van der Waals surface area contributed by atoms with Gasteiger partial charge in [0.2, 0.25) is 0 Å². The molecule has 3 aromatic rings. The van der Waals surface area contributed by atoms with Gasteiger partial charge in [0.25, 0.3) is 10.0 Å². The van der Waals surface area contributed by atoms with Gasteiger partial charge in [0.05, 0.1) is 21.2 Å². The lowest BCUT2D eigenvalue weighted by Gasteiger charge is -2.22. The van der Waals surface area contributed by atoms with E-state index in [1.165, 1.54) is 28.6 Å². The maximum atomic E-state index is 13.0. The summed E-state index contributed by atoms with van der Waals surface area (Å²) < 4.78 is 32.7. The topological polar surface area (TPSA) is 63.7 Å². The SMILES string of the molecule is CCN(c1ccccc1)S(=O)(=O)c1ccc(C(=O)Oc2cc(C)ccc2Cl)cc1. The molecular formula is C22H20ClNO4S. The minimum Gasteiger partial charge on any atom is -0.421 e. The largest absolute Gasteiger partial charge is 0.421 e. The Morgan fingerprint density at radius 1 is 1.00 bits per heavy atom. The van der Waals surface area contributed by atoms with Gasteiger partial charge in [-0.25, -0.2) is 13.2 Å². The quantitative estimate of drug-likeness (QED) is 0.404. The van der Waals surface area contributed by atoms with E-state index >= 15 is 0 Å².